The van der Waals surface area contributed by atoms with Gasteiger partial charge in [0.25, 0.3) is 10.0 Å². The molecule has 1 N–H and O–H groups in total. The first kappa shape index (κ1) is 15.0. The molecule has 8 heteroatoms. The van der Waals surface area contributed by atoms with Crippen molar-refractivity contribution in [2.75, 3.05) is 13.2 Å². The number of ether oxygens (including phenoxy) is 1. The third-order valence-corrected chi connectivity index (χ3v) is 5.00. The summed E-state index contributed by atoms with van der Waals surface area (Å²) in [5.74, 6) is -0.695. The van der Waals surface area contributed by atoms with Gasteiger partial charge in [0.1, 0.15) is 11.8 Å². The molecule has 112 valence electrons. The van der Waals surface area contributed by atoms with Gasteiger partial charge in [-0.2, -0.15) is 4.31 Å². The predicted octanol–water partition coefficient (Wildman–Crippen LogP) is 0.705. The van der Waals surface area contributed by atoms with Crippen LogP contribution in [0.4, 0.5) is 0 Å². The van der Waals surface area contributed by atoms with E-state index in [4.69, 9.17) is 9.15 Å². The largest absolute Gasteiger partial charge is 0.480 e. The standard InChI is InChI=1S/C12H17NO6S/c1-3-9-4-5-10(19-9)20(16,17)13-6-7-18-8(2)11(13)12(14)15/h4-5,8,11H,3,6-7H2,1-2H3,(H,14,15)/t8-,11+/m0/s1. The zero-order chi connectivity index (χ0) is 14.9. The molecule has 1 fully saturated rings. The number of carboxylic acid groups (broad SMARTS) is 1. The van der Waals surface area contributed by atoms with Gasteiger partial charge in [-0.25, -0.2) is 8.42 Å². The number of carboxylic acids is 1. The molecule has 20 heavy (non-hydrogen) atoms. The highest BCUT2D eigenvalue weighted by molar-refractivity contribution is 7.89. The average molecular weight is 303 g/mol. The summed E-state index contributed by atoms with van der Waals surface area (Å²) in [5, 5.41) is 9.00. The van der Waals surface area contributed by atoms with E-state index in [0.29, 0.717) is 12.2 Å². The Morgan fingerprint density at radius 2 is 2.20 bits per heavy atom. The third kappa shape index (κ3) is 2.58. The maximum Gasteiger partial charge on any atom is 0.324 e. The summed E-state index contributed by atoms with van der Waals surface area (Å²) in [7, 11) is -3.97. The van der Waals surface area contributed by atoms with Crippen molar-refractivity contribution in [1.82, 2.24) is 4.31 Å². The van der Waals surface area contributed by atoms with Crippen LogP contribution >= 0.6 is 0 Å². The van der Waals surface area contributed by atoms with Gasteiger partial charge in [0, 0.05) is 13.0 Å². The summed E-state index contributed by atoms with van der Waals surface area (Å²) < 4.78 is 36.4. The molecule has 1 aliphatic rings. The van der Waals surface area contributed by atoms with Crippen molar-refractivity contribution < 1.29 is 27.5 Å². The first-order chi connectivity index (χ1) is 9.37. The van der Waals surface area contributed by atoms with Crippen molar-refractivity contribution in [2.24, 2.45) is 0 Å². The second-order valence-corrected chi connectivity index (χ2v) is 6.37. The van der Waals surface area contributed by atoms with E-state index in [1.807, 2.05) is 6.92 Å². The van der Waals surface area contributed by atoms with Crippen LogP contribution in [0.25, 0.3) is 0 Å². The zero-order valence-electron chi connectivity index (χ0n) is 11.3. The van der Waals surface area contributed by atoms with E-state index in [-0.39, 0.29) is 18.2 Å². The summed E-state index contributed by atoms with van der Waals surface area (Å²) in [6.07, 6.45) is -0.145. The van der Waals surface area contributed by atoms with Crippen LogP contribution in [-0.4, -0.2) is 49.1 Å². The quantitative estimate of drug-likeness (QED) is 0.879. The second kappa shape index (κ2) is 5.55. The van der Waals surface area contributed by atoms with Crippen LogP contribution in [-0.2, 0) is 26.0 Å². The normalized spacial score (nSPS) is 24.7. The van der Waals surface area contributed by atoms with Crippen LogP contribution in [0, 0.1) is 0 Å². The SMILES string of the molecule is CCc1ccc(S(=O)(=O)N2CCO[C@@H](C)[C@@H]2C(=O)O)o1. The lowest BCUT2D eigenvalue weighted by Crippen LogP contribution is -2.56. The van der Waals surface area contributed by atoms with Gasteiger partial charge < -0.3 is 14.3 Å². The van der Waals surface area contributed by atoms with Gasteiger partial charge in [-0.05, 0) is 19.1 Å². The average Bonchev–Trinajstić information content (AvgIpc) is 2.87. The van der Waals surface area contributed by atoms with Crippen LogP contribution in [0.5, 0.6) is 0 Å². The minimum atomic E-state index is -3.97. The maximum atomic E-state index is 12.5. The molecule has 1 aromatic rings. The van der Waals surface area contributed by atoms with Crippen molar-refractivity contribution in [1.29, 1.82) is 0 Å². The van der Waals surface area contributed by atoms with Gasteiger partial charge in [0.15, 0.2) is 0 Å². The Hall–Kier alpha value is -1.38. The molecular formula is C12H17NO6S. The molecule has 0 aliphatic carbocycles. The molecule has 0 spiro atoms. The van der Waals surface area contributed by atoms with Crippen LogP contribution < -0.4 is 0 Å². The van der Waals surface area contributed by atoms with Gasteiger partial charge >= 0.3 is 5.97 Å². The Balaban J connectivity index is 2.38. The van der Waals surface area contributed by atoms with Crippen molar-refractivity contribution in [2.45, 2.75) is 37.5 Å². The number of aliphatic carboxylic acids is 1. The highest BCUT2D eigenvalue weighted by Crippen LogP contribution is 2.25. The topological polar surface area (TPSA) is 97.0 Å². The molecule has 1 aliphatic heterocycles. The molecule has 0 saturated carbocycles. The number of furan rings is 1. The first-order valence-corrected chi connectivity index (χ1v) is 7.77. The second-order valence-electron chi connectivity index (χ2n) is 4.55. The predicted molar refractivity (Wildman–Crippen MR) is 68.8 cm³/mol. The lowest BCUT2D eigenvalue weighted by atomic mass is 10.1. The Morgan fingerprint density at radius 1 is 1.50 bits per heavy atom. The molecule has 2 rings (SSSR count). The van der Waals surface area contributed by atoms with Gasteiger partial charge in [0.2, 0.25) is 5.09 Å². The summed E-state index contributed by atoms with van der Waals surface area (Å²) in [4.78, 5) is 11.3. The Labute approximate surface area is 117 Å². The summed E-state index contributed by atoms with van der Waals surface area (Å²) >= 11 is 0. The van der Waals surface area contributed by atoms with Gasteiger partial charge in [0.05, 0.1) is 12.7 Å². The molecule has 7 nitrogen and oxygen atoms in total. The molecule has 0 unspecified atom stereocenters. The lowest BCUT2D eigenvalue weighted by Gasteiger charge is -2.35. The molecular weight excluding hydrogens is 286 g/mol. The Kier molecular flexibility index (Phi) is 4.17. The molecule has 0 amide bonds. The summed E-state index contributed by atoms with van der Waals surface area (Å²) in [5.41, 5.74) is 0. The van der Waals surface area contributed by atoms with Crippen LogP contribution in [0.3, 0.4) is 0 Å². The highest BCUT2D eigenvalue weighted by Gasteiger charge is 2.43. The minimum absolute atomic E-state index is 0.00814. The third-order valence-electron chi connectivity index (χ3n) is 3.25. The molecule has 2 heterocycles. The van der Waals surface area contributed by atoms with Crippen molar-refractivity contribution in [3.8, 4) is 0 Å². The van der Waals surface area contributed by atoms with Gasteiger partial charge in [-0.1, -0.05) is 6.92 Å². The van der Waals surface area contributed by atoms with Crippen molar-refractivity contribution in [3.63, 3.8) is 0 Å². The smallest absolute Gasteiger partial charge is 0.324 e. The molecule has 1 aromatic heterocycles. The molecule has 1 saturated heterocycles. The number of hydrogen-bond donors (Lipinski definition) is 1. The highest BCUT2D eigenvalue weighted by atomic mass is 32.2. The van der Waals surface area contributed by atoms with Crippen LogP contribution in [0.1, 0.15) is 19.6 Å². The monoisotopic (exact) mass is 303 g/mol. The number of morpholine rings is 1. The molecule has 2 atom stereocenters. The lowest BCUT2D eigenvalue weighted by molar-refractivity contribution is -0.150. The number of rotatable bonds is 4. The van der Waals surface area contributed by atoms with E-state index >= 15 is 0 Å². The van der Waals surface area contributed by atoms with Gasteiger partial charge in [-0.15, -0.1) is 0 Å². The van der Waals surface area contributed by atoms with Crippen molar-refractivity contribution in [3.05, 3.63) is 17.9 Å². The van der Waals surface area contributed by atoms with E-state index in [9.17, 15) is 18.3 Å². The van der Waals surface area contributed by atoms with E-state index in [2.05, 4.69) is 0 Å². The van der Waals surface area contributed by atoms with E-state index in [1.54, 1.807) is 13.0 Å². The number of carbonyl (C=O) groups is 1. The fourth-order valence-electron chi connectivity index (χ4n) is 2.19. The maximum absolute atomic E-state index is 12.5. The molecule has 0 aromatic carbocycles. The zero-order valence-corrected chi connectivity index (χ0v) is 12.1. The van der Waals surface area contributed by atoms with Gasteiger partial charge in [-0.3, -0.25) is 4.79 Å². The summed E-state index contributed by atoms with van der Waals surface area (Å²) in [6, 6.07) is 1.68. The number of nitrogens with zero attached hydrogens (tertiary/aromatic N) is 1. The van der Waals surface area contributed by atoms with Crippen LogP contribution in [0.15, 0.2) is 21.6 Å². The first-order valence-electron chi connectivity index (χ1n) is 6.33. The Bertz CT molecular complexity index is 593. The van der Waals surface area contributed by atoms with E-state index in [0.717, 1.165) is 4.31 Å². The Morgan fingerprint density at radius 3 is 2.75 bits per heavy atom. The van der Waals surface area contributed by atoms with E-state index in [1.165, 1.54) is 6.07 Å². The summed E-state index contributed by atoms with van der Waals surface area (Å²) in [6.45, 7) is 3.53. The fraction of sp³-hybridized carbons (Fsp3) is 0.583. The van der Waals surface area contributed by atoms with Crippen molar-refractivity contribution >= 4 is 16.0 Å². The molecule has 0 radical (unpaired) electrons. The fourth-order valence-corrected chi connectivity index (χ4v) is 3.75. The minimum Gasteiger partial charge on any atom is -0.480 e. The van der Waals surface area contributed by atoms with E-state index < -0.39 is 28.1 Å². The number of sulfonamides is 1. The number of aryl methyl sites for hydroxylation is 1. The van der Waals surface area contributed by atoms with Crippen LogP contribution in [0.2, 0.25) is 0 Å². The number of hydrogen-bond acceptors (Lipinski definition) is 5. The molecule has 0 bridgehead atoms.